The summed E-state index contributed by atoms with van der Waals surface area (Å²) < 4.78 is 5.30. The SMILES string of the molecule is O=C(Nc1ccc(Cl)cc1Cl)C1CC=CCC1C(=O)N1CCOCC1. The third-order valence-electron chi connectivity index (χ3n) is 4.60. The van der Waals surface area contributed by atoms with Crippen molar-refractivity contribution in [3.63, 3.8) is 0 Å². The van der Waals surface area contributed by atoms with E-state index in [9.17, 15) is 9.59 Å². The van der Waals surface area contributed by atoms with Gasteiger partial charge in [0.05, 0.1) is 35.8 Å². The van der Waals surface area contributed by atoms with Crippen LogP contribution >= 0.6 is 23.2 Å². The first-order chi connectivity index (χ1) is 12.1. The molecule has 1 aliphatic heterocycles. The molecule has 1 heterocycles. The van der Waals surface area contributed by atoms with Crippen LogP contribution in [0.5, 0.6) is 0 Å². The Bertz CT molecular complexity index is 687. The number of hydrogen-bond acceptors (Lipinski definition) is 3. The van der Waals surface area contributed by atoms with Crippen LogP contribution in [0.25, 0.3) is 0 Å². The van der Waals surface area contributed by atoms with E-state index in [4.69, 9.17) is 27.9 Å². The van der Waals surface area contributed by atoms with E-state index in [-0.39, 0.29) is 17.7 Å². The van der Waals surface area contributed by atoms with Gasteiger partial charge in [-0.2, -0.15) is 0 Å². The number of rotatable bonds is 3. The van der Waals surface area contributed by atoms with Gasteiger partial charge >= 0.3 is 0 Å². The van der Waals surface area contributed by atoms with Gasteiger partial charge in [-0.1, -0.05) is 35.4 Å². The van der Waals surface area contributed by atoms with Crippen molar-refractivity contribution in [3.05, 3.63) is 40.4 Å². The van der Waals surface area contributed by atoms with Crippen LogP contribution in [0.15, 0.2) is 30.4 Å². The van der Waals surface area contributed by atoms with E-state index in [2.05, 4.69) is 5.32 Å². The third kappa shape index (κ3) is 4.35. The van der Waals surface area contributed by atoms with Gasteiger partial charge in [0, 0.05) is 18.1 Å². The number of nitrogens with zero attached hydrogens (tertiary/aromatic N) is 1. The summed E-state index contributed by atoms with van der Waals surface area (Å²) in [6.45, 7) is 2.25. The second-order valence-corrected chi connectivity index (χ2v) is 7.05. The molecule has 5 nitrogen and oxygen atoms in total. The Morgan fingerprint density at radius 1 is 1.08 bits per heavy atom. The molecule has 2 atom stereocenters. The Balaban J connectivity index is 1.72. The van der Waals surface area contributed by atoms with Crippen molar-refractivity contribution in [1.82, 2.24) is 4.90 Å². The highest BCUT2D eigenvalue weighted by atomic mass is 35.5. The minimum Gasteiger partial charge on any atom is -0.378 e. The number of amides is 2. The number of ether oxygens (including phenoxy) is 1. The molecule has 2 unspecified atom stereocenters. The smallest absolute Gasteiger partial charge is 0.228 e. The molecule has 0 aromatic heterocycles. The lowest BCUT2D eigenvalue weighted by molar-refractivity contribution is -0.144. The van der Waals surface area contributed by atoms with E-state index < -0.39 is 5.92 Å². The maximum Gasteiger partial charge on any atom is 0.228 e. The van der Waals surface area contributed by atoms with Crippen LogP contribution in [-0.2, 0) is 14.3 Å². The lowest BCUT2D eigenvalue weighted by Gasteiger charge is -2.34. The first-order valence-corrected chi connectivity index (χ1v) is 9.09. The van der Waals surface area contributed by atoms with Crippen molar-refractivity contribution in [2.24, 2.45) is 11.8 Å². The lowest BCUT2D eigenvalue weighted by atomic mass is 9.81. The molecule has 2 aliphatic rings. The Kier molecular flexibility index (Phi) is 5.99. The van der Waals surface area contributed by atoms with Crippen molar-refractivity contribution in [2.75, 3.05) is 31.6 Å². The summed E-state index contributed by atoms with van der Waals surface area (Å²) >= 11 is 12.0. The summed E-state index contributed by atoms with van der Waals surface area (Å²) in [4.78, 5) is 27.4. The summed E-state index contributed by atoms with van der Waals surface area (Å²) in [6.07, 6.45) is 5.04. The van der Waals surface area contributed by atoms with Crippen molar-refractivity contribution in [1.29, 1.82) is 0 Å². The van der Waals surface area contributed by atoms with E-state index in [1.807, 2.05) is 12.2 Å². The Morgan fingerprint density at radius 2 is 1.76 bits per heavy atom. The predicted octanol–water partition coefficient (Wildman–Crippen LogP) is 3.37. The highest BCUT2D eigenvalue weighted by molar-refractivity contribution is 6.36. The quantitative estimate of drug-likeness (QED) is 0.815. The molecule has 1 aromatic rings. The molecular formula is C18H20Cl2N2O3. The molecule has 0 spiro atoms. The largest absolute Gasteiger partial charge is 0.378 e. The first-order valence-electron chi connectivity index (χ1n) is 8.33. The number of hydrogen-bond donors (Lipinski definition) is 1. The average Bonchev–Trinajstić information content (AvgIpc) is 2.64. The monoisotopic (exact) mass is 382 g/mol. The molecule has 1 N–H and O–H groups in total. The minimum absolute atomic E-state index is 0.0232. The van der Waals surface area contributed by atoms with Crippen LogP contribution in [0, 0.1) is 11.8 Å². The van der Waals surface area contributed by atoms with Gasteiger partial charge in [0.2, 0.25) is 11.8 Å². The van der Waals surface area contributed by atoms with Gasteiger partial charge in [-0.15, -0.1) is 0 Å². The molecule has 3 rings (SSSR count). The molecule has 1 aromatic carbocycles. The molecule has 1 aliphatic carbocycles. The van der Waals surface area contributed by atoms with Crippen molar-refractivity contribution >= 4 is 40.7 Å². The van der Waals surface area contributed by atoms with Crippen LogP contribution in [0.1, 0.15) is 12.8 Å². The van der Waals surface area contributed by atoms with E-state index in [1.165, 1.54) is 0 Å². The average molecular weight is 383 g/mol. The number of carbonyl (C=O) groups is 2. The summed E-state index contributed by atoms with van der Waals surface area (Å²) in [6, 6.07) is 4.91. The number of morpholine rings is 1. The van der Waals surface area contributed by atoms with E-state index in [0.29, 0.717) is 54.9 Å². The molecular weight excluding hydrogens is 363 g/mol. The summed E-state index contributed by atoms with van der Waals surface area (Å²) in [5, 5.41) is 3.72. The third-order valence-corrected chi connectivity index (χ3v) is 5.15. The summed E-state index contributed by atoms with van der Waals surface area (Å²) in [5.41, 5.74) is 0.503. The van der Waals surface area contributed by atoms with Gasteiger partial charge in [0.1, 0.15) is 0 Å². The maximum atomic E-state index is 12.8. The number of allylic oxidation sites excluding steroid dienone is 2. The molecule has 1 fully saturated rings. The summed E-state index contributed by atoms with van der Waals surface area (Å²) in [5.74, 6) is -0.934. The summed E-state index contributed by atoms with van der Waals surface area (Å²) in [7, 11) is 0. The highest BCUT2D eigenvalue weighted by Gasteiger charge is 2.36. The molecule has 0 bridgehead atoms. The molecule has 0 radical (unpaired) electrons. The topological polar surface area (TPSA) is 58.6 Å². The van der Waals surface area contributed by atoms with Crippen LogP contribution < -0.4 is 5.32 Å². The number of benzene rings is 1. The second kappa shape index (κ2) is 8.21. The van der Waals surface area contributed by atoms with Gasteiger partial charge in [-0.05, 0) is 31.0 Å². The minimum atomic E-state index is -0.410. The van der Waals surface area contributed by atoms with Gasteiger partial charge < -0.3 is 15.0 Å². The molecule has 25 heavy (non-hydrogen) atoms. The van der Waals surface area contributed by atoms with Crippen LogP contribution in [-0.4, -0.2) is 43.0 Å². The fraction of sp³-hybridized carbons (Fsp3) is 0.444. The molecule has 0 saturated carbocycles. The van der Waals surface area contributed by atoms with Gasteiger partial charge in [0.15, 0.2) is 0 Å². The van der Waals surface area contributed by atoms with E-state index in [0.717, 1.165) is 0 Å². The van der Waals surface area contributed by atoms with Gasteiger partial charge in [-0.3, -0.25) is 9.59 Å². The normalized spacial score (nSPS) is 23.4. The molecule has 7 heteroatoms. The predicted molar refractivity (Wildman–Crippen MR) is 97.8 cm³/mol. The second-order valence-electron chi connectivity index (χ2n) is 6.21. The number of anilines is 1. The Hall–Kier alpha value is -1.56. The van der Waals surface area contributed by atoms with Crippen LogP contribution in [0.4, 0.5) is 5.69 Å². The van der Waals surface area contributed by atoms with Crippen LogP contribution in [0.2, 0.25) is 10.0 Å². The van der Waals surface area contributed by atoms with Crippen molar-refractivity contribution in [2.45, 2.75) is 12.8 Å². The molecule has 134 valence electrons. The zero-order valence-corrected chi connectivity index (χ0v) is 15.2. The fourth-order valence-corrected chi connectivity index (χ4v) is 3.67. The molecule has 2 amide bonds. The lowest BCUT2D eigenvalue weighted by Crippen LogP contribution is -2.47. The number of nitrogens with one attached hydrogen (secondary N) is 1. The number of carbonyl (C=O) groups excluding carboxylic acids is 2. The van der Waals surface area contributed by atoms with Gasteiger partial charge in [0.25, 0.3) is 0 Å². The Labute approximate surface area is 156 Å². The fourth-order valence-electron chi connectivity index (χ4n) is 3.21. The van der Waals surface area contributed by atoms with E-state index >= 15 is 0 Å². The molecule has 1 saturated heterocycles. The Morgan fingerprint density at radius 3 is 2.44 bits per heavy atom. The van der Waals surface area contributed by atoms with Crippen molar-refractivity contribution in [3.8, 4) is 0 Å². The standard InChI is InChI=1S/C18H20Cl2N2O3/c19-12-5-6-16(15(20)11-12)21-17(23)13-3-1-2-4-14(13)18(24)22-7-9-25-10-8-22/h1-2,5-6,11,13-14H,3-4,7-10H2,(H,21,23). The van der Waals surface area contributed by atoms with Gasteiger partial charge in [-0.25, -0.2) is 0 Å². The maximum absolute atomic E-state index is 12.8. The number of halogens is 2. The van der Waals surface area contributed by atoms with Crippen LogP contribution in [0.3, 0.4) is 0 Å². The highest BCUT2D eigenvalue weighted by Crippen LogP contribution is 2.31. The zero-order valence-electron chi connectivity index (χ0n) is 13.7. The van der Waals surface area contributed by atoms with Crippen molar-refractivity contribution < 1.29 is 14.3 Å². The van der Waals surface area contributed by atoms with E-state index in [1.54, 1.807) is 23.1 Å². The first kappa shape index (κ1) is 18.2. The zero-order chi connectivity index (χ0) is 17.8.